The second kappa shape index (κ2) is 6.71. The third-order valence-corrected chi connectivity index (χ3v) is 5.04. The minimum atomic E-state index is -0.313. The lowest BCUT2D eigenvalue weighted by atomic mass is 9.93. The summed E-state index contributed by atoms with van der Waals surface area (Å²) < 4.78 is 5.58. The predicted molar refractivity (Wildman–Crippen MR) is 94.5 cm³/mol. The Labute approximate surface area is 147 Å². The van der Waals surface area contributed by atoms with Crippen molar-refractivity contribution in [1.82, 2.24) is 4.90 Å². The van der Waals surface area contributed by atoms with Gasteiger partial charge in [0.25, 0.3) is 5.91 Å². The number of esters is 1. The van der Waals surface area contributed by atoms with E-state index in [2.05, 4.69) is 0 Å². The topological polar surface area (TPSA) is 46.6 Å². The number of piperidine rings is 1. The highest BCUT2D eigenvalue weighted by molar-refractivity contribution is 5.97. The fourth-order valence-corrected chi connectivity index (χ4v) is 3.66. The van der Waals surface area contributed by atoms with E-state index in [0.29, 0.717) is 17.5 Å². The number of amides is 1. The molecule has 0 N–H and O–H groups in total. The quantitative estimate of drug-likeness (QED) is 0.785. The maximum absolute atomic E-state index is 12.7. The maximum atomic E-state index is 12.7. The number of benzene rings is 2. The zero-order valence-electron chi connectivity index (χ0n) is 14.1. The van der Waals surface area contributed by atoms with Crippen LogP contribution in [0.1, 0.15) is 57.2 Å². The first-order valence-corrected chi connectivity index (χ1v) is 8.90. The first kappa shape index (κ1) is 15.9. The zero-order chi connectivity index (χ0) is 17.2. The van der Waals surface area contributed by atoms with Crippen molar-refractivity contribution in [2.45, 2.75) is 31.8 Å². The van der Waals surface area contributed by atoms with Crippen molar-refractivity contribution in [1.29, 1.82) is 0 Å². The number of cyclic esters (lactones) is 1. The van der Waals surface area contributed by atoms with Gasteiger partial charge >= 0.3 is 5.97 Å². The molecule has 128 valence electrons. The third kappa shape index (κ3) is 3.16. The number of nitrogens with zero attached hydrogens (tertiary/aromatic N) is 1. The lowest BCUT2D eigenvalue weighted by Crippen LogP contribution is -2.35. The Balaban J connectivity index is 1.61. The Kier molecular flexibility index (Phi) is 4.26. The largest absolute Gasteiger partial charge is 0.454 e. The minimum Gasteiger partial charge on any atom is -0.454 e. The average molecular weight is 335 g/mol. The highest BCUT2D eigenvalue weighted by atomic mass is 16.5. The van der Waals surface area contributed by atoms with Crippen molar-refractivity contribution in [2.75, 3.05) is 13.1 Å². The monoisotopic (exact) mass is 335 g/mol. The van der Waals surface area contributed by atoms with Crippen LogP contribution in [0.2, 0.25) is 0 Å². The average Bonchev–Trinajstić information content (AvgIpc) is 2.68. The van der Waals surface area contributed by atoms with Crippen LogP contribution < -0.4 is 0 Å². The third-order valence-electron chi connectivity index (χ3n) is 5.04. The predicted octanol–water partition coefficient (Wildman–Crippen LogP) is 3.77. The molecule has 4 heteroatoms. The summed E-state index contributed by atoms with van der Waals surface area (Å²) in [5, 5.41) is 0. The molecule has 2 aromatic rings. The molecule has 0 aliphatic carbocycles. The molecule has 0 saturated carbocycles. The molecule has 2 aliphatic heterocycles. The van der Waals surface area contributed by atoms with Gasteiger partial charge in [0.2, 0.25) is 0 Å². The van der Waals surface area contributed by atoms with Crippen LogP contribution >= 0.6 is 0 Å². The Morgan fingerprint density at radius 3 is 2.52 bits per heavy atom. The van der Waals surface area contributed by atoms with Crippen molar-refractivity contribution in [3.8, 4) is 0 Å². The SMILES string of the molecule is O=C1O[C@H](c2ccccc2)Cc2cc(C(=O)N3CCCCC3)ccc21. The summed E-state index contributed by atoms with van der Waals surface area (Å²) in [7, 11) is 0. The van der Waals surface area contributed by atoms with Crippen molar-refractivity contribution >= 4 is 11.9 Å². The van der Waals surface area contributed by atoms with Gasteiger partial charge in [0, 0.05) is 25.1 Å². The number of likely N-dealkylation sites (tertiary alicyclic amines) is 1. The van der Waals surface area contributed by atoms with Crippen LogP contribution in [0.4, 0.5) is 0 Å². The molecular weight excluding hydrogens is 314 g/mol. The summed E-state index contributed by atoms with van der Waals surface area (Å²) in [5.74, 6) is -0.246. The fraction of sp³-hybridized carbons (Fsp3) is 0.333. The van der Waals surface area contributed by atoms with Crippen LogP contribution in [0.5, 0.6) is 0 Å². The number of ether oxygens (including phenoxy) is 1. The molecule has 25 heavy (non-hydrogen) atoms. The lowest BCUT2D eigenvalue weighted by molar-refractivity contribution is 0.0252. The fourth-order valence-electron chi connectivity index (χ4n) is 3.66. The molecule has 1 saturated heterocycles. The van der Waals surface area contributed by atoms with Gasteiger partial charge in [0.15, 0.2) is 0 Å². The summed E-state index contributed by atoms with van der Waals surface area (Å²) in [6.07, 6.45) is 3.64. The molecular formula is C21H21NO3. The van der Waals surface area contributed by atoms with Gasteiger partial charge in [-0.2, -0.15) is 0 Å². The molecule has 2 heterocycles. The molecule has 0 spiro atoms. The lowest BCUT2D eigenvalue weighted by Gasteiger charge is -2.28. The summed E-state index contributed by atoms with van der Waals surface area (Å²) in [6, 6.07) is 15.1. The van der Waals surface area contributed by atoms with E-state index < -0.39 is 0 Å². The standard InChI is InChI=1S/C21H21NO3/c23-20(22-11-5-2-6-12-22)16-9-10-18-17(13-16)14-19(25-21(18)24)15-7-3-1-4-8-15/h1,3-4,7-10,13,19H,2,5-6,11-12,14H2/t19-/m0/s1. The van der Waals surface area contributed by atoms with E-state index in [1.54, 1.807) is 12.1 Å². The number of hydrogen-bond acceptors (Lipinski definition) is 3. The molecule has 1 amide bonds. The van der Waals surface area contributed by atoms with Gasteiger partial charge in [0.1, 0.15) is 6.10 Å². The van der Waals surface area contributed by atoms with E-state index >= 15 is 0 Å². The van der Waals surface area contributed by atoms with Crippen molar-refractivity contribution in [2.24, 2.45) is 0 Å². The van der Waals surface area contributed by atoms with Gasteiger partial charge in [-0.15, -0.1) is 0 Å². The molecule has 1 fully saturated rings. The van der Waals surface area contributed by atoms with E-state index in [4.69, 9.17) is 4.74 Å². The number of hydrogen-bond donors (Lipinski definition) is 0. The van der Waals surface area contributed by atoms with Gasteiger partial charge in [0.05, 0.1) is 5.56 Å². The molecule has 0 radical (unpaired) electrons. The summed E-state index contributed by atoms with van der Waals surface area (Å²) in [6.45, 7) is 1.65. The highest BCUT2D eigenvalue weighted by Gasteiger charge is 2.29. The van der Waals surface area contributed by atoms with Gasteiger partial charge in [-0.05, 0) is 48.6 Å². The number of rotatable bonds is 2. The Hall–Kier alpha value is -2.62. The zero-order valence-corrected chi connectivity index (χ0v) is 14.1. The number of fused-ring (bicyclic) bond motifs is 1. The maximum Gasteiger partial charge on any atom is 0.339 e. The first-order valence-electron chi connectivity index (χ1n) is 8.90. The molecule has 2 aromatic carbocycles. The molecule has 0 bridgehead atoms. The molecule has 1 atom stereocenters. The van der Waals surface area contributed by atoms with E-state index in [1.807, 2.05) is 41.3 Å². The van der Waals surface area contributed by atoms with Crippen molar-refractivity contribution in [3.63, 3.8) is 0 Å². The van der Waals surface area contributed by atoms with Gasteiger partial charge < -0.3 is 9.64 Å². The first-order chi connectivity index (χ1) is 12.2. The molecule has 0 unspecified atom stereocenters. The van der Waals surface area contributed by atoms with Crippen LogP contribution in [-0.4, -0.2) is 29.9 Å². The Morgan fingerprint density at radius 2 is 1.76 bits per heavy atom. The van der Waals surface area contributed by atoms with Crippen molar-refractivity contribution in [3.05, 3.63) is 70.8 Å². The second-order valence-electron chi connectivity index (χ2n) is 6.73. The van der Waals surface area contributed by atoms with Crippen LogP contribution in [0, 0.1) is 0 Å². The molecule has 0 aromatic heterocycles. The van der Waals surface area contributed by atoms with Gasteiger partial charge in [-0.1, -0.05) is 30.3 Å². The Bertz CT molecular complexity index is 794. The van der Waals surface area contributed by atoms with Crippen LogP contribution in [0.3, 0.4) is 0 Å². The molecule has 2 aliphatic rings. The number of carbonyl (C=O) groups is 2. The van der Waals surface area contributed by atoms with E-state index in [0.717, 1.165) is 37.1 Å². The minimum absolute atomic E-state index is 0.0673. The number of carbonyl (C=O) groups excluding carboxylic acids is 2. The smallest absolute Gasteiger partial charge is 0.339 e. The summed E-state index contributed by atoms with van der Waals surface area (Å²) in [5.41, 5.74) is 3.12. The Morgan fingerprint density at radius 1 is 1.00 bits per heavy atom. The molecule has 4 nitrogen and oxygen atoms in total. The summed E-state index contributed by atoms with van der Waals surface area (Å²) >= 11 is 0. The normalized spacial score (nSPS) is 19.9. The van der Waals surface area contributed by atoms with Gasteiger partial charge in [-0.3, -0.25) is 4.79 Å². The van der Waals surface area contributed by atoms with Crippen LogP contribution in [0.15, 0.2) is 48.5 Å². The van der Waals surface area contributed by atoms with Crippen molar-refractivity contribution < 1.29 is 14.3 Å². The molecule has 4 rings (SSSR count). The van der Waals surface area contributed by atoms with Gasteiger partial charge in [-0.25, -0.2) is 4.79 Å². The summed E-state index contributed by atoms with van der Waals surface area (Å²) in [4.78, 5) is 27.0. The van der Waals surface area contributed by atoms with Crippen LogP contribution in [0.25, 0.3) is 0 Å². The second-order valence-corrected chi connectivity index (χ2v) is 6.73. The van der Waals surface area contributed by atoms with E-state index in [1.165, 1.54) is 6.42 Å². The van der Waals surface area contributed by atoms with E-state index in [-0.39, 0.29) is 18.0 Å². The highest BCUT2D eigenvalue weighted by Crippen LogP contribution is 2.31. The van der Waals surface area contributed by atoms with Crippen LogP contribution in [-0.2, 0) is 11.2 Å². The van der Waals surface area contributed by atoms with E-state index in [9.17, 15) is 9.59 Å².